The Morgan fingerprint density at radius 3 is 2.53 bits per heavy atom. The Balaban J connectivity index is 3.40. The highest BCUT2D eigenvalue weighted by atomic mass is 16.4. The van der Waals surface area contributed by atoms with Gasteiger partial charge in [0.2, 0.25) is 0 Å². The molecule has 0 aliphatic carbocycles. The molecule has 3 nitrogen and oxygen atoms in total. The molecule has 0 aromatic carbocycles. The van der Waals surface area contributed by atoms with Crippen LogP contribution in [0.15, 0.2) is 11.6 Å². The summed E-state index contributed by atoms with van der Waals surface area (Å²) < 4.78 is 0. The maximum Gasteiger partial charge on any atom is 0.330 e. The number of hydrogen-bond acceptors (Lipinski definition) is 2. The number of rotatable bonds is 8. The fraction of sp³-hybridized carbons (Fsp3) is 0.750. The predicted molar refractivity (Wildman–Crippen MR) is 60.8 cm³/mol. The van der Waals surface area contributed by atoms with E-state index in [4.69, 9.17) is 5.11 Å². The van der Waals surface area contributed by atoms with E-state index in [2.05, 4.69) is 0 Å². The average molecular weight is 214 g/mol. The van der Waals surface area contributed by atoms with E-state index < -0.39 is 5.97 Å². The quantitative estimate of drug-likeness (QED) is 0.482. The molecular weight excluding hydrogens is 192 g/mol. The zero-order valence-corrected chi connectivity index (χ0v) is 9.70. The first-order valence-corrected chi connectivity index (χ1v) is 5.66. The largest absolute Gasteiger partial charge is 0.478 e. The molecule has 88 valence electrons. The third kappa shape index (κ3) is 8.18. The SMILES string of the molecule is CCC(O)CCCCC/C=C(\C)C(=O)O. The zero-order valence-electron chi connectivity index (χ0n) is 9.70. The van der Waals surface area contributed by atoms with Crippen molar-refractivity contribution in [2.24, 2.45) is 0 Å². The highest BCUT2D eigenvalue weighted by Crippen LogP contribution is 2.09. The smallest absolute Gasteiger partial charge is 0.330 e. The summed E-state index contributed by atoms with van der Waals surface area (Å²) in [5.41, 5.74) is 0.420. The average Bonchev–Trinajstić information content (AvgIpc) is 2.22. The van der Waals surface area contributed by atoms with Crippen molar-refractivity contribution in [3.63, 3.8) is 0 Å². The van der Waals surface area contributed by atoms with Crippen LogP contribution in [-0.4, -0.2) is 22.3 Å². The maximum atomic E-state index is 10.4. The minimum atomic E-state index is -0.837. The summed E-state index contributed by atoms with van der Waals surface area (Å²) in [6, 6.07) is 0. The number of hydrogen-bond donors (Lipinski definition) is 2. The number of aliphatic carboxylic acids is 1. The van der Waals surface area contributed by atoms with E-state index in [1.807, 2.05) is 6.92 Å². The molecule has 0 amide bonds. The molecule has 0 fully saturated rings. The molecule has 15 heavy (non-hydrogen) atoms. The van der Waals surface area contributed by atoms with Crippen molar-refractivity contribution < 1.29 is 15.0 Å². The van der Waals surface area contributed by atoms with Gasteiger partial charge in [0.1, 0.15) is 0 Å². The maximum absolute atomic E-state index is 10.4. The summed E-state index contributed by atoms with van der Waals surface area (Å²) in [4.78, 5) is 10.4. The Labute approximate surface area is 91.8 Å². The second-order valence-corrected chi connectivity index (χ2v) is 3.89. The molecule has 2 N–H and O–H groups in total. The summed E-state index contributed by atoms with van der Waals surface area (Å²) in [5.74, 6) is -0.837. The second kappa shape index (κ2) is 8.48. The first kappa shape index (κ1) is 14.2. The molecular formula is C12H22O3. The van der Waals surface area contributed by atoms with E-state index in [0.29, 0.717) is 5.57 Å². The molecule has 3 heteroatoms. The van der Waals surface area contributed by atoms with E-state index in [-0.39, 0.29) is 6.10 Å². The molecule has 0 aromatic rings. The van der Waals surface area contributed by atoms with Crippen LogP contribution in [-0.2, 0) is 4.79 Å². The molecule has 0 rings (SSSR count). The summed E-state index contributed by atoms with van der Waals surface area (Å²) in [6.07, 6.45) is 7.17. The van der Waals surface area contributed by atoms with Crippen LogP contribution in [0.2, 0.25) is 0 Å². The summed E-state index contributed by atoms with van der Waals surface area (Å²) in [6.45, 7) is 3.59. The molecule has 0 aromatic heterocycles. The molecule has 1 unspecified atom stereocenters. The number of unbranched alkanes of at least 4 members (excludes halogenated alkanes) is 3. The van der Waals surface area contributed by atoms with E-state index in [1.54, 1.807) is 13.0 Å². The van der Waals surface area contributed by atoms with Gasteiger partial charge in [0.05, 0.1) is 6.10 Å². The molecule has 0 aliphatic rings. The minimum absolute atomic E-state index is 0.165. The third-order valence-corrected chi connectivity index (χ3v) is 2.50. The monoisotopic (exact) mass is 214 g/mol. The number of carboxylic acid groups (broad SMARTS) is 1. The van der Waals surface area contributed by atoms with Gasteiger partial charge in [-0.2, -0.15) is 0 Å². The summed E-state index contributed by atoms with van der Waals surface area (Å²) in [7, 11) is 0. The highest BCUT2D eigenvalue weighted by molar-refractivity contribution is 5.85. The number of carboxylic acids is 1. The van der Waals surface area contributed by atoms with Crippen LogP contribution >= 0.6 is 0 Å². The van der Waals surface area contributed by atoms with Gasteiger partial charge in [-0.3, -0.25) is 0 Å². The van der Waals surface area contributed by atoms with Crippen molar-refractivity contribution in [1.29, 1.82) is 0 Å². The van der Waals surface area contributed by atoms with Crippen molar-refractivity contribution in [1.82, 2.24) is 0 Å². The normalized spacial score (nSPS) is 13.9. The fourth-order valence-corrected chi connectivity index (χ4v) is 1.31. The van der Waals surface area contributed by atoms with Crippen molar-refractivity contribution in [3.05, 3.63) is 11.6 Å². The number of aliphatic hydroxyl groups excluding tert-OH is 1. The molecule has 0 saturated carbocycles. The molecule has 0 radical (unpaired) electrons. The third-order valence-electron chi connectivity index (χ3n) is 2.50. The highest BCUT2D eigenvalue weighted by Gasteiger charge is 2.00. The standard InChI is InChI=1S/C12H22O3/c1-3-11(13)9-7-5-4-6-8-10(2)12(14)15/h8,11,13H,3-7,9H2,1-2H3,(H,14,15)/b10-8+. The van der Waals surface area contributed by atoms with Gasteiger partial charge in [0.25, 0.3) is 0 Å². The van der Waals surface area contributed by atoms with Gasteiger partial charge < -0.3 is 10.2 Å². The van der Waals surface area contributed by atoms with Crippen LogP contribution in [0.3, 0.4) is 0 Å². The van der Waals surface area contributed by atoms with Crippen LogP contribution in [0, 0.1) is 0 Å². The summed E-state index contributed by atoms with van der Waals surface area (Å²) >= 11 is 0. The summed E-state index contributed by atoms with van der Waals surface area (Å²) in [5, 5.41) is 17.9. The Hall–Kier alpha value is -0.830. The first-order valence-electron chi connectivity index (χ1n) is 5.66. The molecule has 0 aliphatic heterocycles. The van der Waals surface area contributed by atoms with Crippen LogP contribution in [0.4, 0.5) is 0 Å². The Kier molecular flexibility index (Phi) is 8.01. The van der Waals surface area contributed by atoms with E-state index in [1.165, 1.54) is 0 Å². The van der Waals surface area contributed by atoms with Crippen molar-refractivity contribution in [2.45, 2.75) is 58.5 Å². The molecule has 0 spiro atoms. The van der Waals surface area contributed by atoms with Gasteiger partial charge in [0, 0.05) is 5.57 Å². The molecule has 0 heterocycles. The Morgan fingerprint density at radius 1 is 1.33 bits per heavy atom. The van der Waals surface area contributed by atoms with Crippen molar-refractivity contribution in [2.75, 3.05) is 0 Å². The molecule has 0 bridgehead atoms. The van der Waals surface area contributed by atoms with Crippen molar-refractivity contribution in [3.8, 4) is 0 Å². The van der Waals surface area contributed by atoms with Gasteiger partial charge in [-0.15, -0.1) is 0 Å². The van der Waals surface area contributed by atoms with E-state index in [0.717, 1.165) is 38.5 Å². The van der Waals surface area contributed by atoms with Crippen LogP contribution in [0.1, 0.15) is 52.4 Å². The van der Waals surface area contributed by atoms with Gasteiger partial charge in [-0.1, -0.05) is 25.8 Å². The zero-order chi connectivity index (χ0) is 11.7. The predicted octanol–water partition coefficient (Wildman–Crippen LogP) is 2.74. The second-order valence-electron chi connectivity index (χ2n) is 3.89. The van der Waals surface area contributed by atoms with Gasteiger partial charge >= 0.3 is 5.97 Å². The number of carbonyl (C=O) groups is 1. The topological polar surface area (TPSA) is 57.5 Å². The van der Waals surface area contributed by atoms with Crippen LogP contribution in [0.25, 0.3) is 0 Å². The van der Waals surface area contributed by atoms with E-state index in [9.17, 15) is 9.90 Å². The van der Waals surface area contributed by atoms with E-state index >= 15 is 0 Å². The lowest BCUT2D eigenvalue weighted by Gasteiger charge is -2.05. The number of allylic oxidation sites excluding steroid dienone is 1. The van der Waals surface area contributed by atoms with Crippen LogP contribution in [0.5, 0.6) is 0 Å². The molecule has 0 saturated heterocycles. The lowest BCUT2D eigenvalue weighted by Crippen LogP contribution is -2.03. The lowest BCUT2D eigenvalue weighted by molar-refractivity contribution is -0.132. The minimum Gasteiger partial charge on any atom is -0.478 e. The Morgan fingerprint density at radius 2 is 2.00 bits per heavy atom. The first-order chi connectivity index (χ1) is 7.07. The number of aliphatic hydroxyl groups is 1. The molecule has 1 atom stereocenters. The van der Waals surface area contributed by atoms with Gasteiger partial charge in [0.15, 0.2) is 0 Å². The Bertz CT molecular complexity index is 209. The van der Waals surface area contributed by atoms with Crippen LogP contribution < -0.4 is 0 Å². The fourth-order valence-electron chi connectivity index (χ4n) is 1.31. The van der Waals surface area contributed by atoms with Gasteiger partial charge in [-0.25, -0.2) is 4.79 Å². The lowest BCUT2D eigenvalue weighted by atomic mass is 10.1. The van der Waals surface area contributed by atoms with Gasteiger partial charge in [-0.05, 0) is 32.6 Å². The van der Waals surface area contributed by atoms with Crippen molar-refractivity contribution >= 4 is 5.97 Å².